The first-order chi connectivity index (χ1) is 11.6. The summed E-state index contributed by atoms with van der Waals surface area (Å²) < 4.78 is 5.05. The van der Waals surface area contributed by atoms with Gasteiger partial charge in [-0.25, -0.2) is 0 Å². The Morgan fingerprint density at radius 1 is 1.29 bits per heavy atom. The average Bonchev–Trinajstić information content (AvgIpc) is 2.61. The van der Waals surface area contributed by atoms with Crippen LogP contribution in [0.1, 0.15) is 25.3 Å². The quantitative estimate of drug-likeness (QED) is 0.515. The molecule has 128 valence electrons. The number of amides is 1. The molecule has 1 aromatic carbocycles. The number of hydrogen-bond acceptors (Lipinski definition) is 4. The SMILES string of the molecule is CCOC(=O)C1CCN(C(=S)NC(=O)/C=C/c2ccccc2)CC1. The highest BCUT2D eigenvalue weighted by Gasteiger charge is 2.27. The molecule has 2 rings (SSSR count). The van der Waals surface area contributed by atoms with Crippen molar-refractivity contribution in [1.29, 1.82) is 0 Å². The Bertz CT molecular complexity index is 608. The molecule has 5 nitrogen and oxygen atoms in total. The number of ether oxygens (including phenoxy) is 1. The number of carbonyl (C=O) groups excluding carboxylic acids is 2. The molecule has 1 N–H and O–H groups in total. The molecule has 0 aromatic heterocycles. The molecule has 0 atom stereocenters. The number of nitrogens with zero attached hydrogens (tertiary/aromatic N) is 1. The van der Waals surface area contributed by atoms with Crippen molar-refractivity contribution in [1.82, 2.24) is 10.2 Å². The van der Waals surface area contributed by atoms with Gasteiger partial charge in [0.05, 0.1) is 12.5 Å². The highest BCUT2D eigenvalue weighted by Crippen LogP contribution is 2.18. The molecule has 1 saturated heterocycles. The topological polar surface area (TPSA) is 58.6 Å². The molecule has 0 unspecified atom stereocenters. The van der Waals surface area contributed by atoms with Gasteiger partial charge in [-0.2, -0.15) is 0 Å². The summed E-state index contributed by atoms with van der Waals surface area (Å²) in [6.07, 6.45) is 4.58. The van der Waals surface area contributed by atoms with Crippen LogP contribution >= 0.6 is 12.2 Å². The normalized spacial score (nSPS) is 15.3. The summed E-state index contributed by atoms with van der Waals surface area (Å²) in [5, 5.41) is 3.11. The van der Waals surface area contributed by atoms with E-state index < -0.39 is 0 Å². The van der Waals surface area contributed by atoms with Gasteiger partial charge in [-0.15, -0.1) is 0 Å². The van der Waals surface area contributed by atoms with Gasteiger partial charge < -0.3 is 9.64 Å². The number of nitrogens with one attached hydrogen (secondary N) is 1. The van der Waals surface area contributed by atoms with E-state index >= 15 is 0 Å². The first-order valence-corrected chi connectivity index (χ1v) is 8.50. The minimum Gasteiger partial charge on any atom is -0.466 e. The Kier molecular flexibility index (Phi) is 6.93. The molecule has 6 heteroatoms. The third-order valence-corrected chi connectivity index (χ3v) is 4.22. The molecular weight excluding hydrogens is 324 g/mol. The lowest BCUT2D eigenvalue weighted by Crippen LogP contribution is -2.46. The van der Waals surface area contributed by atoms with Crippen molar-refractivity contribution in [3.05, 3.63) is 42.0 Å². The van der Waals surface area contributed by atoms with Crippen LogP contribution in [-0.4, -0.2) is 41.6 Å². The van der Waals surface area contributed by atoms with Gasteiger partial charge in [0.1, 0.15) is 0 Å². The largest absolute Gasteiger partial charge is 0.466 e. The lowest BCUT2D eigenvalue weighted by Gasteiger charge is -2.32. The van der Waals surface area contributed by atoms with Crippen LogP contribution < -0.4 is 5.32 Å². The number of piperidine rings is 1. The van der Waals surface area contributed by atoms with Crippen LogP contribution in [-0.2, 0) is 14.3 Å². The highest BCUT2D eigenvalue weighted by molar-refractivity contribution is 7.80. The summed E-state index contributed by atoms with van der Waals surface area (Å²) in [6, 6.07) is 9.59. The van der Waals surface area contributed by atoms with E-state index in [1.54, 1.807) is 13.0 Å². The zero-order valence-electron chi connectivity index (χ0n) is 13.7. The molecule has 1 aliphatic heterocycles. The summed E-state index contributed by atoms with van der Waals surface area (Å²) in [5.74, 6) is -0.466. The Hall–Kier alpha value is -2.21. The lowest BCUT2D eigenvalue weighted by molar-refractivity contribution is -0.149. The Morgan fingerprint density at radius 2 is 1.96 bits per heavy atom. The van der Waals surface area contributed by atoms with Crippen LogP contribution in [0.15, 0.2) is 36.4 Å². The zero-order chi connectivity index (χ0) is 17.4. The third-order valence-electron chi connectivity index (χ3n) is 3.86. The summed E-state index contributed by atoms with van der Waals surface area (Å²) in [5.41, 5.74) is 0.953. The Morgan fingerprint density at radius 3 is 2.58 bits per heavy atom. The van der Waals surface area contributed by atoms with Crippen LogP contribution in [0.5, 0.6) is 0 Å². The summed E-state index contributed by atoms with van der Waals surface area (Å²) in [7, 11) is 0. The van der Waals surface area contributed by atoms with E-state index in [1.165, 1.54) is 6.08 Å². The van der Waals surface area contributed by atoms with Gasteiger partial charge in [0.2, 0.25) is 5.91 Å². The predicted octanol–water partition coefficient (Wildman–Crippen LogP) is 2.38. The molecule has 1 amide bonds. The van der Waals surface area contributed by atoms with Crippen molar-refractivity contribution in [3.8, 4) is 0 Å². The van der Waals surface area contributed by atoms with Crippen molar-refractivity contribution in [2.24, 2.45) is 5.92 Å². The van der Waals surface area contributed by atoms with Crippen LogP contribution in [0.4, 0.5) is 0 Å². The zero-order valence-corrected chi connectivity index (χ0v) is 14.6. The number of rotatable bonds is 4. The fourth-order valence-corrected chi connectivity index (χ4v) is 2.82. The number of esters is 1. The van der Waals surface area contributed by atoms with E-state index in [0.717, 1.165) is 5.56 Å². The second-order valence-electron chi connectivity index (χ2n) is 5.55. The first kappa shape index (κ1) is 18.1. The Balaban J connectivity index is 1.78. The molecule has 1 aromatic rings. The lowest BCUT2D eigenvalue weighted by atomic mass is 9.97. The highest BCUT2D eigenvalue weighted by atomic mass is 32.1. The van der Waals surface area contributed by atoms with Gasteiger partial charge in [0.25, 0.3) is 0 Å². The van der Waals surface area contributed by atoms with Gasteiger partial charge in [0.15, 0.2) is 5.11 Å². The van der Waals surface area contributed by atoms with Gasteiger partial charge in [-0.1, -0.05) is 30.3 Å². The average molecular weight is 346 g/mol. The third kappa shape index (κ3) is 5.45. The van der Waals surface area contributed by atoms with Crippen LogP contribution in [0.2, 0.25) is 0 Å². The first-order valence-electron chi connectivity index (χ1n) is 8.09. The number of thiocarbonyl (C=S) groups is 1. The maximum Gasteiger partial charge on any atom is 0.309 e. The molecule has 0 radical (unpaired) electrons. The molecule has 24 heavy (non-hydrogen) atoms. The minimum absolute atomic E-state index is 0.0716. The smallest absolute Gasteiger partial charge is 0.309 e. The Labute approximate surface area is 147 Å². The number of carbonyl (C=O) groups is 2. The fourth-order valence-electron chi connectivity index (χ4n) is 2.54. The summed E-state index contributed by atoms with van der Waals surface area (Å²) in [4.78, 5) is 25.6. The monoisotopic (exact) mass is 346 g/mol. The minimum atomic E-state index is -0.253. The van der Waals surface area contributed by atoms with Gasteiger partial charge in [-0.3, -0.25) is 14.9 Å². The van der Waals surface area contributed by atoms with E-state index in [-0.39, 0.29) is 17.8 Å². The van der Waals surface area contributed by atoms with Gasteiger partial charge in [0, 0.05) is 19.2 Å². The summed E-state index contributed by atoms with van der Waals surface area (Å²) >= 11 is 5.28. The fraction of sp³-hybridized carbons (Fsp3) is 0.389. The number of benzene rings is 1. The van der Waals surface area contributed by atoms with E-state index in [4.69, 9.17) is 17.0 Å². The maximum absolute atomic E-state index is 11.9. The van der Waals surface area contributed by atoms with Crippen LogP contribution in [0.3, 0.4) is 0 Å². The second-order valence-corrected chi connectivity index (χ2v) is 5.94. The number of likely N-dealkylation sites (tertiary alicyclic amines) is 1. The van der Waals surface area contributed by atoms with Crippen molar-refractivity contribution in [2.75, 3.05) is 19.7 Å². The van der Waals surface area contributed by atoms with E-state index in [2.05, 4.69) is 5.32 Å². The van der Waals surface area contributed by atoms with Crippen LogP contribution in [0, 0.1) is 5.92 Å². The van der Waals surface area contributed by atoms with E-state index in [0.29, 0.717) is 37.7 Å². The summed E-state index contributed by atoms with van der Waals surface area (Å²) in [6.45, 7) is 3.50. The van der Waals surface area contributed by atoms with Crippen LogP contribution in [0.25, 0.3) is 6.08 Å². The van der Waals surface area contributed by atoms with Crippen molar-refractivity contribution in [3.63, 3.8) is 0 Å². The standard InChI is InChI=1S/C18H22N2O3S/c1-2-23-17(22)15-10-12-20(13-11-15)18(24)19-16(21)9-8-14-6-4-3-5-7-14/h3-9,15H,2,10-13H2,1H3,(H,19,21,24)/b9-8+. The van der Waals surface area contributed by atoms with Crippen molar-refractivity contribution < 1.29 is 14.3 Å². The van der Waals surface area contributed by atoms with Gasteiger partial charge >= 0.3 is 5.97 Å². The van der Waals surface area contributed by atoms with Crippen molar-refractivity contribution in [2.45, 2.75) is 19.8 Å². The van der Waals surface area contributed by atoms with Crippen molar-refractivity contribution >= 4 is 35.3 Å². The molecule has 0 saturated carbocycles. The molecule has 0 spiro atoms. The molecule has 1 aliphatic rings. The molecular formula is C18H22N2O3S. The maximum atomic E-state index is 11.9. The molecule has 0 bridgehead atoms. The molecule has 1 fully saturated rings. The number of hydrogen-bond donors (Lipinski definition) is 1. The van der Waals surface area contributed by atoms with E-state index in [1.807, 2.05) is 35.2 Å². The second kappa shape index (κ2) is 9.17. The van der Waals surface area contributed by atoms with E-state index in [9.17, 15) is 9.59 Å². The molecule has 1 heterocycles. The van der Waals surface area contributed by atoms with Gasteiger partial charge in [-0.05, 0) is 43.6 Å². The predicted molar refractivity (Wildman–Crippen MR) is 97.1 cm³/mol. The molecule has 0 aliphatic carbocycles.